The molecule has 1 N–H and O–H groups in total. The van der Waals surface area contributed by atoms with Crippen molar-refractivity contribution in [3.8, 4) is 17.2 Å². The standard InChI is InChI=1S/C29H38N4O3/c1-21(2)19-26(27(34)31-14-13-30)24-8-6-7-23(20-24)22-9-11-25(12-10-22)32-15-17-33(18-16-32)28(35)36-29(3,4)5/h6-12,20-21,26H,14-19H2,1-5H3,(H,31,34)/t26-/m0/s1. The second-order valence-electron chi connectivity index (χ2n) is 10.7. The molecule has 7 nitrogen and oxygen atoms in total. The molecule has 1 fully saturated rings. The van der Waals surface area contributed by atoms with Crippen LogP contribution in [0.15, 0.2) is 48.5 Å². The molecule has 2 aromatic carbocycles. The topological polar surface area (TPSA) is 85.7 Å². The van der Waals surface area contributed by atoms with Gasteiger partial charge in [-0.15, -0.1) is 0 Å². The number of benzene rings is 2. The van der Waals surface area contributed by atoms with Crippen molar-refractivity contribution < 1.29 is 14.3 Å². The highest BCUT2D eigenvalue weighted by molar-refractivity contribution is 5.84. The Morgan fingerprint density at radius 1 is 1.03 bits per heavy atom. The van der Waals surface area contributed by atoms with Crippen molar-refractivity contribution in [3.05, 3.63) is 54.1 Å². The van der Waals surface area contributed by atoms with E-state index in [1.165, 1.54) is 0 Å². The summed E-state index contributed by atoms with van der Waals surface area (Å²) in [4.78, 5) is 29.1. The number of carbonyl (C=O) groups excluding carboxylic acids is 2. The zero-order valence-electron chi connectivity index (χ0n) is 22.1. The normalized spacial score (nSPS) is 14.8. The number of anilines is 1. The maximum absolute atomic E-state index is 12.7. The lowest BCUT2D eigenvalue weighted by molar-refractivity contribution is -0.122. The van der Waals surface area contributed by atoms with Crippen LogP contribution < -0.4 is 10.2 Å². The average Bonchev–Trinajstić information content (AvgIpc) is 2.85. The predicted molar refractivity (Wildman–Crippen MR) is 143 cm³/mol. The molecular weight excluding hydrogens is 452 g/mol. The van der Waals surface area contributed by atoms with Crippen LogP contribution >= 0.6 is 0 Å². The second-order valence-corrected chi connectivity index (χ2v) is 10.7. The largest absolute Gasteiger partial charge is 0.444 e. The van der Waals surface area contributed by atoms with Crippen LogP contribution in [0.1, 0.15) is 52.5 Å². The molecule has 0 bridgehead atoms. The zero-order valence-corrected chi connectivity index (χ0v) is 22.1. The van der Waals surface area contributed by atoms with Crippen LogP contribution in [0, 0.1) is 17.2 Å². The second kappa shape index (κ2) is 11.9. The third-order valence-corrected chi connectivity index (χ3v) is 6.15. The van der Waals surface area contributed by atoms with E-state index in [-0.39, 0.29) is 24.5 Å². The van der Waals surface area contributed by atoms with Crippen molar-refractivity contribution in [2.45, 2.75) is 52.6 Å². The average molecular weight is 491 g/mol. The van der Waals surface area contributed by atoms with Crippen LogP contribution in [-0.4, -0.2) is 55.2 Å². The summed E-state index contributed by atoms with van der Waals surface area (Å²) in [6.07, 6.45) is 0.462. The van der Waals surface area contributed by atoms with Gasteiger partial charge in [0.05, 0.1) is 12.0 Å². The quantitative estimate of drug-likeness (QED) is 0.541. The van der Waals surface area contributed by atoms with Gasteiger partial charge in [-0.25, -0.2) is 4.79 Å². The Balaban J connectivity index is 1.69. The molecule has 1 aliphatic heterocycles. The number of hydrogen-bond acceptors (Lipinski definition) is 5. The minimum Gasteiger partial charge on any atom is -0.444 e. The summed E-state index contributed by atoms with van der Waals surface area (Å²) < 4.78 is 5.49. The van der Waals surface area contributed by atoms with Gasteiger partial charge in [-0.2, -0.15) is 5.26 Å². The number of carbonyl (C=O) groups is 2. The fraction of sp³-hybridized carbons (Fsp3) is 0.483. The van der Waals surface area contributed by atoms with E-state index < -0.39 is 5.60 Å². The lowest BCUT2D eigenvalue weighted by Crippen LogP contribution is -2.50. The van der Waals surface area contributed by atoms with E-state index in [0.29, 0.717) is 19.0 Å². The lowest BCUT2D eigenvalue weighted by atomic mass is 9.88. The van der Waals surface area contributed by atoms with Crippen LogP contribution in [0.3, 0.4) is 0 Å². The molecule has 2 amide bonds. The van der Waals surface area contributed by atoms with Crippen LogP contribution in [0.5, 0.6) is 0 Å². The van der Waals surface area contributed by atoms with Crippen molar-refractivity contribution >= 4 is 17.7 Å². The monoisotopic (exact) mass is 490 g/mol. The van der Waals surface area contributed by atoms with Gasteiger partial charge in [0.2, 0.25) is 5.91 Å². The Labute approximate surface area is 215 Å². The SMILES string of the molecule is CC(C)C[C@H](C(=O)NCC#N)c1cccc(-c2ccc(N3CCN(C(=O)OC(C)(C)C)CC3)cc2)c1. The molecule has 0 unspecified atom stereocenters. The summed E-state index contributed by atoms with van der Waals surface area (Å²) in [5.74, 6) is -0.0522. The molecule has 0 saturated carbocycles. The van der Waals surface area contributed by atoms with Gasteiger partial charge in [0.15, 0.2) is 0 Å². The lowest BCUT2D eigenvalue weighted by Gasteiger charge is -2.36. The molecule has 1 heterocycles. The summed E-state index contributed by atoms with van der Waals surface area (Å²) in [5.41, 5.74) is 3.71. The van der Waals surface area contributed by atoms with Gasteiger partial charge in [-0.3, -0.25) is 4.79 Å². The molecular formula is C29H38N4O3. The van der Waals surface area contributed by atoms with Crippen molar-refractivity contribution in [1.29, 1.82) is 5.26 Å². The number of nitriles is 1. The van der Waals surface area contributed by atoms with Crippen molar-refractivity contribution in [2.75, 3.05) is 37.6 Å². The molecule has 192 valence electrons. The van der Waals surface area contributed by atoms with E-state index in [0.717, 1.165) is 41.9 Å². The van der Waals surface area contributed by atoms with E-state index in [9.17, 15) is 9.59 Å². The van der Waals surface area contributed by atoms with Gasteiger partial charge in [0.25, 0.3) is 0 Å². The van der Waals surface area contributed by atoms with Gasteiger partial charge < -0.3 is 19.9 Å². The number of rotatable bonds is 7. The van der Waals surface area contributed by atoms with Gasteiger partial charge in [-0.05, 0) is 61.9 Å². The number of amides is 2. The number of hydrogen-bond donors (Lipinski definition) is 1. The van der Waals surface area contributed by atoms with Crippen LogP contribution in [0.25, 0.3) is 11.1 Å². The smallest absolute Gasteiger partial charge is 0.410 e. The maximum atomic E-state index is 12.7. The molecule has 0 spiro atoms. The highest BCUT2D eigenvalue weighted by atomic mass is 16.6. The Morgan fingerprint density at radius 2 is 1.69 bits per heavy atom. The summed E-state index contributed by atoms with van der Waals surface area (Å²) in [6.45, 7) is 12.6. The van der Waals surface area contributed by atoms with E-state index in [1.807, 2.05) is 39.0 Å². The third-order valence-electron chi connectivity index (χ3n) is 6.15. The number of piperazine rings is 1. The summed E-state index contributed by atoms with van der Waals surface area (Å²) in [6, 6.07) is 18.5. The number of ether oxygens (including phenoxy) is 1. The molecule has 1 saturated heterocycles. The van der Waals surface area contributed by atoms with Gasteiger partial charge in [0.1, 0.15) is 12.1 Å². The highest BCUT2D eigenvalue weighted by Gasteiger charge is 2.26. The Bertz CT molecular complexity index is 1070. The molecule has 0 aliphatic carbocycles. The van der Waals surface area contributed by atoms with Crippen molar-refractivity contribution in [2.24, 2.45) is 5.92 Å². The highest BCUT2D eigenvalue weighted by Crippen LogP contribution is 2.30. The molecule has 0 radical (unpaired) electrons. The Hall–Kier alpha value is -3.53. The van der Waals surface area contributed by atoms with Crippen LogP contribution in [0.4, 0.5) is 10.5 Å². The summed E-state index contributed by atoms with van der Waals surface area (Å²) in [7, 11) is 0. The zero-order chi connectivity index (χ0) is 26.3. The first-order valence-corrected chi connectivity index (χ1v) is 12.7. The van der Waals surface area contributed by atoms with E-state index in [1.54, 1.807) is 4.90 Å². The third kappa shape index (κ3) is 7.48. The minimum atomic E-state index is -0.489. The Kier molecular flexibility index (Phi) is 8.98. The number of nitrogens with one attached hydrogen (secondary N) is 1. The Morgan fingerprint density at radius 3 is 2.28 bits per heavy atom. The van der Waals surface area contributed by atoms with E-state index in [4.69, 9.17) is 10.00 Å². The fourth-order valence-corrected chi connectivity index (χ4v) is 4.39. The van der Waals surface area contributed by atoms with Crippen molar-refractivity contribution in [3.63, 3.8) is 0 Å². The molecule has 36 heavy (non-hydrogen) atoms. The summed E-state index contributed by atoms with van der Waals surface area (Å²) in [5, 5.41) is 11.6. The molecule has 1 atom stereocenters. The first kappa shape index (κ1) is 27.1. The van der Waals surface area contributed by atoms with Crippen LogP contribution in [0.2, 0.25) is 0 Å². The maximum Gasteiger partial charge on any atom is 0.410 e. The van der Waals surface area contributed by atoms with Gasteiger partial charge in [0, 0.05) is 31.9 Å². The molecule has 1 aliphatic rings. The number of nitrogens with zero attached hydrogens (tertiary/aromatic N) is 3. The molecule has 0 aromatic heterocycles. The van der Waals surface area contributed by atoms with Gasteiger partial charge in [-0.1, -0.05) is 50.2 Å². The fourth-order valence-electron chi connectivity index (χ4n) is 4.39. The molecule has 2 aromatic rings. The van der Waals surface area contributed by atoms with Crippen molar-refractivity contribution in [1.82, 2.24) is 10.2 Å². The van der Waals surface area contributed by atoms with Crippen LogP contribution in [-0.2, 0) is 9.53 Å². The molecule has 7 heteroatoms. The summed E-state index contributed by atoms with van der Waals surface area (Å²) >= 11 is 0. The minimum absolute atomic E-state index is 0.0145. The van der Waals surface area contributed by atoms with Gasteiger partial charge >= 0.3 is 6.09 Å². The predicted octanol–water partition coefficient (Wildman–Crippen LogP) is 5.18. The molecule has 3 rings (SSSR count). The first-order valence-electron chi connectivity index (χ1n) is 12.7. The van der Waals surface area contributed by atoms with E-state index in [2.05, 4.69) is 60.5 Å². The first-order chi connectivity index (χ1) is 17.1. The van der Waals surface area contributed by atoms with E-state index >= 15 is 0 Å².